The van der Waals surface area contributed by atoms with Crippen molar-refractivity contribution < 1.29 is 22.4 Å². The lowest BCUT2D eigenvalue weighted by Gasteiger charge is -2.22. The highest BCUT2D eigenvalue weighted by Gasteiger charge is 2.34. The van der Waals surface area contributed by atoms with E-state index in [9.17, 15) is 22.4 Å². The zero-order chi connectivity index (χ0) is 26.0. The highest BCUT2D eigenvalue weighted by atomic mass is 35.5. The summed E-state index contributed by atoms with van der Waals surface area (Å²) in [5.74, 6) is -1.03. The molecular weight excluding hydrogens is 502 g/mol. The van der Waals surface area contributed by atoms with E-state index in [2.05, 4.69) is 30.8 Å². The van der Waals surface area contributed by atoms with Crippen molar-refractivity contribution in [3.63, 3.8) is 0 Å². The summed E-state index contributed by atoms with van der Waals surface area (Å²) < 4.78 is 54.3. The normalized spacial score (nSPS) is 11.3. The summed E-state index contributed by atoms with van der Waals surface area (Å²) in [6, 6.07) is 10.3. The molecule has 0 bridgehead atoms. The van der Waals surface area contributed by atoms with E-state index in [-0.39, 0.29) is 29.0 Å². The number of aryl methyl sites for hydroxylation is 2. The second kappa shape index (κ2) is 9.82. The first-order valence-electron chi connectivity index (χ1n) is 10.4. The Kier molecular flexibility index (Phi) is 6.80. The number of carbonyl (C=O) groups excluding carboxylic acids is 1. The number of H-pyrrole nitrogens is 1. The molecule has 0 saturated carbocycles. The van der Waals surface area contributed by atoms with Crippen molar-refractivity contribution in [3.8, 4) is 0 Å². The van der Waals surface area contributed by atoms with Gasteiger partial charge in [0, 0.05) is 17.4 Å². The molecule has 4 aromatic rings. The lowest BCUT2D eigenvalue weighted by Crippen LogP contribution is -2.32. The summed E-state index contributed by atoms with van der Waals surface area (Å²) in [6.07, 6.45) is -3.86. The Balaban J connectivity index is 1.72. The maximum Gasteiger partial charge on any atom is 0.417 e. The van der Waals surface area contributed by atoms with Crippen LogP contribution in [0, 0.1) is 19.7 Å². The summed E-state index contributed by atoms with van der Waals surface area (Å²) >= 11 is 5.67. The number of halogens is 5. The Morgan fingerprint density at radius 1 is 1.08 bits per heavy atom. The molecule has 8 nitrogen and oxygen atoms in total. The van der Waals surface area contributed by atoms with Crippen LogP contribution in [0.2, 0.25) is 5.02 Å². The standard InChI is InChI=1S/C23H18ClF4N7O/c1-12-3-6-15(7-4-12)35(22(36)30-14-5-8-17(24)16(10-14)23(26,27)28)21-29-11-18(25)20(32-21)31-19-9-13(2)33-34-19/h3-11H,1-2H3,(H,30,36)(H2,29,31,32,33,34). The van der Waals surface area contributed by atoms with E-state index >= 15 is 0 Å². The molecule has 0 unspecified atom stereocenters. The van der Waals surface area contributed by atoms with Crippen LogP contribution in [0.4, 0.5) is 51.3 Å². The molecular formula is C23H18ClF4N7O. The lowest BCUT2D eigenvalue weighted by atomic mass is 10.2. The van der Waals surface area contributed by atoms with Crippen LogP contribution < -0.4 is 15.5 Å². The maximum absolute atomic E-state index is 14.5. The van der Waals surface area contributed by atoms with Crippen LogP contribution in [0.15, 0.2) is 54.7 Å². The zero-order valence-electron chi connectivity index (χ0n) is 18.8. The fourth-order valence-electron chi connectivity index (χ4n) is 3.17. The van der Waals surface area contributed by atoms with Gasteiger partial charge in [-0.05, 0) is 44.2 Å². The summed E-state index contributed by atoms with van der Waals surface area (Å²) in [5, 5.41) is 11.2. The summed E-state index contributed by atoms with van der Waals surface area (Å²) in [4.78, 5) is 22.3. The van der Waals surface area contributed by atoms with E-state index in [1.807, 2.05) is 6.92 Å². The van der Waals surface area contributed by atoms with Crippen LogP contribution in [-0.2, 0) is 6.18 Å². The Labute approximate surface area is 207 Å². The molecule has 0 radical (unpaired) electrons. The minimum Gasteiger partial charge on any atom is -0.321 e. The average Bonchev–Trinajstić information content (AvgIpc) is 3.22. The van der Waals surface area contributed by atoms with Crippen LogP contribution in [-0.4, -0.2) is 26.2 Å². The van der Waals surface area contributed by atoms with Crippen molar-refractivity contribution in [3.05, 3.63) is 82.4 Å². The molecule has 3 N–H and O–H groups in total. The van der Waals surface area contributed by atoms with Crippen molar-refractivity contribution in [2.24, 2.45) is 0 Å². The van der Waals surface area contributed by atoms with E-state index in [4.69, 9.17) is 11.6 Å². The van der Waals surface area contributed by atoms with E-state index in [1.54, 1.807) is 37.3 Å². The molecule has 4 rings (SSSR count). The van der Waals surface area contributed by atoms with Gasteiger partial charge in [-0.3, -0.25) is 5.10 Å². The first-order valence-corrected chi connectivity index (χ1v) is 10.7. The number of nitrogens with one attached hydrogen (secondary N) is 3. The van der Waals surface area contributed by atoms with Crippen LogP contribution in [0.1, 0.15) is 16.8 Å². The third-order valence-electron chi connectivity index (χ3n) is 4.90. The number of urea groups is 1. The van der Waals surface area contributed by atoms with Crippen molar-refractivity contribution >= 4 is 46.6 Å². The third-order valence-corrected chi connectivity index (χ3v) is 5.23. The second-order valence-corrected chi connectivity index (χ2v) is 8.13. The predicted octanol–water partition coefficient (Wildman–Crippen LogP) is 6.74. The van der Waals surface area contributed by atoms with Crippen molar-refractivity contribution in [1.82, 2.24) is 20.2 Å². The van der Waals surface area contributed by atoms with Gasteiger partial charge in [-0.2, -0.15) is 23.3 Å². The molecule has 0 atom stereocenters. The molecule has 0 saturated heterocycles. The molecule has 13 heteroatoms. The fraction of sp³-hybridized carbons (Fsp3) is 0.130. The van der Waals surface area contributed by atoms with Gasteiger partial charge in [-0.15, -0.1) is 0 Å². The van der Waals surface area contributed by atoms with Gasteiger partial charge in [0.2, 0.25) is 5.95 Å². The van der Waals surface area contributed by atoms with Crippen molar-refractivity contribution in [2.45, 2.75) is 20.0 Å². The molecule has 2 aromatic carbocycles. The number of nitrogens with zero attached hydrogens (tertiary/aromatic N) is 4. The molecule has 36 heavy (non-hydrogen) atoms. The fourth-order valence-corrected chi connectivity index (χ4v) is 3.40. The number of hydrogen-bond acceptors (Lipinski definition) is 5. The van der Waals surface area contributed by atoms with E-state index in [0.29, 0.717) is 11.8 Å². The third kappa shape index (κ3) is 5.54. The van der Waals surface area contributed by atoms with Gasteiger partial charge in [-0.25, -0.2) is 19.1 Å². The Morgan fingerprint density at radius 2 is 1.81 bits per heavy atom. The number of aromatic nitrogens is 4. The Bertz CT molecular complexity index is 1410. The van der Waals surface area contributed by atoms with Gasteiger partial charge in [-0.1, -0.05) is 29.3 Å². The first-order chi connectivity index (χ1) is 17.0. The molecule has 2 amide bonds. The second-order valence-electron chi connectivity index (χ2n) is 7.72. The van der Waals surface area contributed by atoms with Crippen LogP contribution in [0.3, 0.4) is 0 Å². The van der Waals surface area contributed by atoms with Crippen molar-refractivity contribution in [1.29, 1.82) is 0 Å². The minimum absolute atomic E-state index is 0.165. The smallest absolute Gasteiger partial charge is 0.321 e. The SMILES string of the molecule is Cc1ccc(N(C(=O)Nc2ccc(Cl)c(C(F)(F)F)c2)c2ncc(F)c(Nc3cc(C)[nH]n3)n2)cc1. The Morgan fingerprint density at radius 3 is 2.44 bits per heavy atom. The quantitative estimate of drug-likeness (QED) is 0.254. The maximum atomic E-state index is 14.5. The van der Waals surface area contributed by atoms with Gasteiger partial charge in [0.05, 0.1) is 22.5 Å². The topological polar surface area (TPSA) is 98.8 Å². The predicted molar refractivity (Wildman–Crippen MR) is 127 cm³/mol. The van der Waals surface area contributed by atoms with Gasteiger partial charge < -0.3 is 10.6 Å². The van der Waals surface area contributed by atoms with Crippen LogP contribution >= 0.6 is 11.6 Å². The summed E-state index contributed by atoms with van der Waals surface area (Å²) in [7, 11) is 0. The van der Waals surface area contributed by atoms with Gasteiger partial charge in [0.1, 0.15) is 0 Å². The van der Waals surface area contributed by atoms with E-state index in [0.717, 1.165) is 22.7 Å². The van der Waals surface area contributed by atoms with E-state index in [1.165, 1.54) is 6.07 Å². The summed E-state index contributed by atoms with van der Waals surface area (Å²) in [5.41, 5.74) is 0.622. The van der Waals surface area contributed by atoms with E-state index < -0.39 is 28.6 Å². The number of alkyl halides is 3. The minimum atomic E-state index is -4.72. The molecule has 0 fully saturated rings. The zero-order valence-corrected chi connectivity index (χ0v) is 19.5. The Hall–Kier alpha value is -4.19. The average molecular weight is 520 g/mol. The molecule has 0 aliphatic heterocycles. The lowest BCUT2D eigenvalue weighted by molar-refractivity contribution is -0.137. The molecule has 0 aliphatic carbocycles. The number of carbonyl (C=O) groups is 1. The molecule has 0 aliphatic rings. The van der Waals surface area contributed by atoms with Gasteiger partial charge in [0.15, 0.2) is 17.5 Å². The van der Waals surface area contributed by atoms with Crippen LogP contribution in [0.5, 0.6) is 0 Å². The number of benzene rings is 2. The highest BCUT2D eigenvalue weighted by molar-refractivity contribution is 6.31. The summed E-state index contributed by atoms with van der Waals surface area (Å²) in [6.45, 7) is 3.59. The number of hydrogen-bond donors (Lipinski definition) is 3. The molecule has 186 valence electrons. The van der Waals surface area contributed by atoms with Crippen LogP contribution in [0.25, 0.3) is 0 Å². The largest absolute Gasteiger partial charge is 0.417 e. The molecule has 0 spiro atoms. The highest BCUT2D eigenvalue weighted by Crippen LogP contribution is 2.36. The number of aromatic amines is 1. The van der Waals surface area contributed by atoms with Gasteiger partial charge >= 0.3 is 12.2 Å². The molecule has 2 heterocycles. The monoisotopic (exact) mass is 519 g/mol. The molecule has 2 aromatic heterocycles. The van der Waals surface area contributed by atoms with Gasteiger partial charge in [0.25, 0.3) is 0 Å². The van der Waals surface area contributed by atoms with Crippen molar-refractivity contribution in [2.75, 3.05) is 15.5 Å². The number of anilines is 5. The number of rotatable bonds is 5. The first kappa shape index (κ1) is 24.9. The number of amides is 2.